The number of nitrogens with two attached hydrogens (primary N) is 1. The van der Waals surface area contributed by atoms with Crippen LogP contribution in [0.3, 0.4) is 0 Å². The van der Waals surface area contributed by atoms with Crippen LogP contribution in [0.5, 0.6) is 0 Å². The van der Waals surface area contributed by atoms with E-state index in [0.717, 1.165) is 39.1 Å². The van der Waals surface area contributed by atoms with Crippen molar-refractivity contribution in [3.63, 3.8) is 0 Å². The maximum Gasteiger partial charge on any atom is 0.156 e. The van der Waals surface area contributed by atoms with Crippen molar-refractivity contribution in [1.82, 2.24) is 9.80 Å². The van der Waals surface area contributed by atoms with Crippen LogP contribution in [0.1, 0.15) is 13.3 Å². The maximum atomic E-state index is 8.84. The highest BCUT2D eigenvalue weighted by atomic mass is 16.4. The van der Waals surface area contributed by atoms with E-state index in [2.05, 4.69) is 15.0 Å². The summed E-state index contributed by atoms with van der Waals surface area (Å²) < 4.78 is 0. The Morgan fingerprint density at radius 3 is 2.44 bits per heavy atom. The third-order valence-corrected chi connectivity index (χ3v) is 3.11. The van der Waals surface area contributed by atoms with Crippen LogP contribution < -0.4 is 5.73 Å². The zero-order valence-corrected chi connectivity index (χ0v) is 9.84. The van der Waals surface area contributed by atoms with Crippen molar-refractivity contribution in [1.29, 1.82) is 0 Å². The van der Waals surface area contributed by atoms with Gasteiger partial charge < -0.3 is 16.0 Å². The Kier molecular flexibility index (Phi) is 5.51. The van der Waals surface area contributed by atoms with Crippen molar-refractivity contribution in [2.24, 2.45) is 10.9 Å². The first-order chi connectivity index (χ1) is 7.72. The summed E-state index contributed by atoms with van der Waals surface area (Å²) in [5, 5.41) is 20.6. The highest BCUT2D eigenvalue weighted by Gasteiger charge is 2.24. The highest BCUT2D eigenvalue weighted by molar-refractivity contribution is 5.85. The van der Waals surface area contributed by atoms with E-state index in [0.29, 0.717) is 0 Å². The number of piperazine rings is 1. The van der Waals surface area contributed by atoms with Gasteiger partial charge in [0.05, 0.1) is 12.6 Å². The summed E-state index contributed by atoms with van der Waals surface area (Å²) >= 11 is 0. The first kappa shape index (κ1) is 13.2. The molecule has 0 spiro atoms. The van der Waals surface area contributed by atoms with Gasteiger partial charge in [-0.2, -0.15) is 0 Å². The zero-order valence-electron chi connectivity index (χ0n) is 9.84. The molecule has 1 aliphatic rings. The van der Waals surface area contributed by atoms with Crippen LogP contribution in [-0.2, 0) is 0 Å². The Balaban J connectivity index is 2.45. The molecule has 6 nitrogen and oxygen atoms in total. The Hall–Kier alpha value is -0.850. The number of oxime groups is 1. The van der Waals surface area contributed by atoms with Crippen LogP contribution in [0.4, 0.5) is 0 Å². The van der Waals surface area contributed by atoms with E-state index in [4.69, 9.17) is 16.0 Å². The Morgan fingerprint density at radius 1 is 1.38 bits per heavy atom. The maximum absolute atomic E-state index is 8.84. The number of aliphatic hydroxyl groups excluding tert-OH is 1. The average molecular weight is 230 g/mol. The van der Waals surface area contributed by atoms with Gasteiger partial charge in [-0.1, -0.05) is 12.1 Å². The lowest BCUT2D eigenvalue weighted by molar-refractivity contribution is 0.0987. The molecule has 0 amide bonds. The van der Waals surface area contributed by atoms with Crippen LogP contribution in [0.15, 0.2) is 5.16 Å². The molecule has 0 aliphatic carbocycles. The lowest BCUT2D eigenvalue weighted by Crippen LogP contribution is -2.54. The van der Waals surface area contributed by atoms with E-state index in [1.54, 1.807) is 0 Å². The predicted molar refractivity (Wildman–Crippen MR) is 62.6 cm³/mol. The second-order valence-corrected chi connectivity index (χ2v) is 4.05. The topological polar surface area (TPSA) is 85.3 Å². The van der Waals surface area contributed by atoms with Gasteiger partial charge in [0.2, 0.25) is 0 Å². The van der Waals surface area contributed by atoms with Gasteiger partial charge in [-0.15, -0.1) is 0 Å². The number of nitrogens with zero attached hydrogens (tertiary/aromatic N) is 3. The van der Waals surface area contributed by atoms with Crippen molar-refractivity contribution in [2.45, 2.75) is 19.4 Å². The van der Waals surface area contributed by atoms with Gasteiger partial charge in [-0.05, 0) is 6.42 Å². The number of hydrogen-bond acceptors (Lipinski definition) is 5. The summed E-state index contributed by atoms with van der Waals surface area (Å²) in [6.45, 7) is 6.61. The molecule has 0 saturated carbocycles. The van der Waals surface area contributed by atoms with Crippen LogP contribution in [-0.4, -0.2) is 71.3 Å². The molecule has 1 unspecified atom stereocenters. The summed E-state index contributed by atoms with van der Waals surface area (Å²) in [5.41, 5.74) is 5.66. The highest BCUT2D eigenvalue weighted by Crippen LogP contribution is 2.09. The molecular formula is C10H22N4O2. The fraction of sp³-hybridized carbons (Fsp3) is 0.900. The molecule has 1 fully saturated rings. The smallest absolute Gasteiger partial charge is 0.156 e. The van der Waals surface area contributed by atoms with Gasteiger partial charge >= 0.3 is 0 Å². The van der Waals surface area contributed by atoms with E-state index >= 15 is 0 Å². The molecule has 16 heavy (non-hydrogen) atoms. The fourth-order valence-electron chi connectivity index (χ4n) is 2.16. The molecule has 1 rings (SSSR count). The molecular weight excluding hydrogens is 208 g/mol. The second kappa shape index (κ2) is 6.67. The number of hydrogen-bond donors (Lipinski definition) is 3. The minimum atomic E-state index is 0.0290. The molecule has 0 aromatic heterocycles. The number of aliphatic hydroxyl groups is 1. The van der Waals surface area contributed by atoms with Gasteiger partial charge in [0, 0.05) is 32.7 Å². The molecule has 1 heterocycles. The van der Waals surface area contributed by atoms with Gasteiger partial charge in [-0.3, -0.25) is 9.80 Å². The molecule has 94 valence electrons. The summed E-state index contributed by atoms with van der Waals surface area (Å²) in [7, 11) is 0. The Morgan fingerprint density at radius 2 is 2.00 bits per heavy atom. The normalized spacial score (nSPS) is 22.2. The summed E-state index contributed by atoms with van der Waals surface area (Å²) in [5.74, 6) is 0.290. The third-order valence-electron chi connectivity index (χ3n) is 3.11. The standard InChI is InChI=1S/C10H22N4O2/c1-2-9(10(11)12-16)14-5-3-13(4-6-14)7-8-15/h9,15-16H,2-8H2,1H3,(H2,11,12). The van der Waals surface area contributed by atoms with E-state index in [1.165, 1.54) is 0 Å². The quantitative estimate of drug-likeness (QED) is 0.247. The van der Waals surface area contributed by atoms with Crippen molar-refractivity contribution >= 4 is 5.84 Å². The van der Waals surface area contributed by atoms with Crippen LogP contribution in [0.2, 0.25) is 0 Å². The summed E-state index contributed by atoms with van der Waals surface area (Å²) in [6.07, 6.45) is 0.843. The number of amidine groups is 1. The molecule has 6 heteroatoms. The molecule has 0 radical (unpaired) electrons. The number of rotatable bonds is 5. The van der Waals surface area contributed by atoms with Crippen molar-refractivity contribution in [2.75, 3.05) is 39.3 Å². The van der Waals surface area contributed by atoms with Crippen molar-refractivity contribution in [3.8, 4) is 0 Å². The summed E-state index contributed by atoms with van der Waals surface area (Å²) in [6, 6.07) is 0.0290. The third kappa shape index (κ3) is 3.33. The first-order valence-corrected chi connectivity index (χ1v) is 5.77. The molecule has 1 atom stereocenters. The van der Waals surface area contributed by atoms with Gasteiger partial charge in [0.1, 0.15) is 0 Å². The van der Waals surface area contributed by atoms with E-state index in [1.807, 2.05) is 6.92 Å². The van der Waals surface area contributed by atoms with E-state index < -0.39 is 0 Å². The number of β-amino-alcohol motifs (C(OH)–C–C–N with tert-alkyl or cyclic N) is 1. The monoisotopic (exact) mass is 230 g/mol. The zero-order chi connectivity index (χ0) is 12.0. The molecule has 0 bridgehead atoms. The molecule has 0 aromatic rings. The lowest BCUT2D eigenvalue weighted by atomic mass is 10.1. The minimum Gasteiger partial charge on any atom is -0.409 e. The van der Waals surface area contributed by atoms with Crippen molar-refractivity contribution in [3.05, 3.63) is 0 Å². The molecule has 4 N–H and O–H groups in total. The average Bonchev–Trinajstić information content (AvgIpc) is 2.32. The van der Waals surface area contributed by atoms with Crippen LogP contribution in [0, 0.1) is 0 Å². The van der Waals surface area contributed by atoms with Crippen LogP contribution in [0.25, 0.3) is 0 Å². The van der Waals surface area contributed by atoms with E-state index in [9.17, 15) is 0 Å². The van der Waals surface area contributed by atoms with E-state index in [-0.39, 0.29) is 18.5 Å². The molecule has 1 saturated heterocycles. The minimum absolute atomic E-state index is 0.0290. The SMILES string of the molecule is CCC(C(N)=NO)N1CCN(CCO)CC1. The van der Waals surface area contributed by atoms with Crippen molar-refractivity contribution < 1.29 is 10.3 Å². The summed E-state index contributed by atoms with van der Waals surface area (Å²) in [4.78, 5) is 4.44. The van der Waals surface area contributed by atoms with Gasteiger partial charge in [0.25, 0.3) is 0 Å². The lowest BCUT2D eigenvalue weighted by Gasteiger charge is -2.38. The first-order valence-electron chi connectivity index (χ1n) is 5.77. The van der Waals surface area contributed by atoms with Gasteiger partial charge in [0.15, 0.2) is 5.84 Å². The molecule has 0 aromatic carbocycles. The van der Waals surface area contributed by atoms with Gasteiger partial charge in [-0.25, -0.2) is 0 Å². The second-order valence-electron chi connectivity index (χ2n) is 4.05. The fourth-order valence-corrected chi connectivity index (χ4v) is 2.16. The largest absolute Gasteiger partial charge is 0.409 e. The molecule has 1 aliphatic heterocycles. The Labute approximate surface area is 96.3 Å². The predicted octanol–water partition coefficient (Wildman–Crippen LogP) is -0.879. The van der Waals surface area contributed by atoms with Crippen LogP contribution >= 0.6 is 0 Å². The Bertz CT molecular complexity index is 227.